The Labute approximate surface area is 84.7 Å². The Kier molecular flexibility index (Phi) is 3.23. The van der Waals surface area contributed by atoms with Gasteiger partial charge in [0.25, 0.3) is 0 Å². The maximum absolute atomic E-state index is 13.0. The van der Waals surface area contributed by atoms with E-state index < -0.39 is 33.4 Å². The van der Waals surface area contributed by atoms with Gasteiger partial charge in [-0.1, -0.05) is 6.07 Å². The highest BCUT2D eigenvalue weighted by atomic mass is 32.3. The predicted molar refractivity (Wildman–Crippen MR) is 46.6 cm³/mol. The monoisotopic (exact) mass is 240 g/mol. The second kappa shape index (κ2) is 4.09. The van der Waals surface area contributed by atoms with Crippen molar-refractivity contribution in [3.8, 4) is 5.75 Å². The highest BCUT2D eigenvalue weighted by Crippen LogP contribution is 2.26. The van der Waals surface area contributed by atoms with Crippen LogP contribution in [0.15, 0.2) is 12.1 Å². The van der Waals surface area contributed by atoms with E-state index in [0.717, 1.165) is 13.2 Å². The number of hydrogen-bond donors (Lipinski definition) is 0. The van der Waals surface area contributed by atoms with Crippen molar-refractivity contribution in [2.24, 2.45) is 0 Å². The second-order valence-corrected chi connectivity index (χ2v) is 4.10. The molecule has 0 atom stereocenters. The maximum Gasteiger partial charge on any atom is 0.306 e. The summed E-state index contributed by atoms with van der Waals surface area (Å²) < 4.78 is 63.1. The summed E-state index contributed by atoms with van der Waals surface area (Å²) in [6.45, 7) is 0. The van der Waals surface area contributed by atoms with Crippen LogP contribution in [-0.2, 0) is 16.0 Å². The lowest BCUT2D eigenvalue weighted by Crippen LogP contribution is -2.02. The second-order valence-electron chi connectivity index (χ2n) is 2.74. The third-order valence-electron chi connectivity index (χ3n) is 1.66. The smallest absolute Gasteiger partial charge is 0.306 e. The van der Waals surface area contributed by atoms with Crippen LogP contribution < -0.4 is 4.74 Å². The van der Waals surface area contributed by atoms with Gasteiger partial charge in [0.15, 0.2) is 11.6 Å². The summed E-state index contributed by atoms with van der Waals surface area (Å²) in [5.41, 5.74) is -0.265. The number of methoxy groups -OCH3 is 1. The Bertz CT molecular complexity index is 470. The molecule has 0 radical (unpaired) electrons. The van der Waals surface area contributed by atoms with Crippen molar-refractivity contribution < 1.29 is 25.8 Å². The van der Waals surface area contributed by atoms with Crippen LogP contribution >= 0.6 is 0 Å². The van der Waals surface area contributed by atoms with E-state index >= 15 is 0 Å². The van der Waals surface area contributed by atoms with Crippen molar-refractivity contribution >= 4 is 10.2 Å². The van der Waals surface area contributed by atoms with Crippen LogP contribution in [0.4, 0.5) is 12.7 Å². The van der Waals surface area contributed by atoms with Gasteiger partial charge in [-0.15, -0.1) is 3.89 Å². The van der Waals surface area contributed by atoms with Crippen molar-refractivity contribution in [3.05, 3.63) is 29.3 Å². The molecule has 0 aliphatic carbocycles. The van der Waals surface area contributed by atoms with Crippen LogP contribution in [0.1, 0.15) is 5.56 Å². The molecule has 0 amide bonds. The molecular formula is C8H7F3O3S. The van der Waals surface area contributed by atoms with Gasteiger partial charge < -0.3 is 4.74 Å². The van der Waals surface area contributed by atoms with Crippen molar-refractivity contribution in [1.29, 1.82) is 0 Å². The van der Waals surface area contributed by atoms with Gasteiger partial charge >= 0.3 is 10.2 Å². The van der Waals surface area contributed by atoms with Crippen LogP contribution in [0, 0.1) is 11.6 Å². The molecule has 1 aromatic rings. The quantitative estimate of drug-likeness (QED) is 0.756. The molecule has 3 nitrogen and oxygen atoms in total. The number of rotatable bonds is 3. The molecule has 84 valence electrons. The summed E-state index contributed by atoms with van der Waals surface area (Å²) in [5, 5.41) is 0. The van der Waals surface area contributed by atoms with Crippen LogP contribution in [0.25, 0.3) is 0 Å². The molecule has 0 aliphatic rings. The molecule has 0 heterocycles. The van der Waals surface area contributed by atoms with E-state index in [4.69, 9.17) is 0 Å². The Morgan fingerprint density at radius 1 is 1.33 bits per heavy atom. The first-order valence-corrected chi connectivity index (χ1v) is 5.33. The molecule has 0 saturated carbocycles. The summed E-state index contributed by atoms with van der Waals surface area (Å²) in [6, 6.07) is 1.66. The fourth-order valence-electron chi connectivity index (χ4n) is 1.09. The molecule has 0 N–H and O–H groups in total. The van der Waals surface area contributed by atoms with Crippen molar-refractivity contribution in [2.45, 2.75) is 5.75 Å². The molecule has 0 unspecified atom stereocenters. The molecular weight excluding hydrogens is 233 g/mol. The zero-order valence-corrected chi connectivity index (χ0v) is 8.45. The van der Waals surface area contributed by atoms with Crippen molar-refractivity contribution in [3.63, 3.8) is 0 Å². The molecule has 0 fully saturated rings. The molecule has 15 heavy (non-hydrogen) atoms. The van der Waals surface area contributed by atoms with Gasteiger partial charge in [0.1, 0.15) is 5.75 Å². The predicted octanol–water partition coefficient (Wildman–Crippen LogP) is 1.77. The first-order chi connectivity index (χ1) is 6.85. The van der Waals surface area contributed by atoms with E-state index in [1.807, 2.05) is 0 Å². The topological polar surface area (TPSA) is 43.4 Å². The number of benzene rings is 1. The molecule has 0 aliphatic heterocycles. The minimum atomic E-state index is -4.81. The zero-order chi connectivity index (χ0) is 11.6. The molecule has 0 saturated heterocycles. The third-order valence-corrected chi connectivity index (χ3v) is 2.32. The normalized spacial score (nSPS) is 11.5. The van der Waals surface area contributed by atoms with Crippen LogP contribution in [0.2, 0.25) is 0 Å². The Hall–Kier alpha value is -1.24. The molecule has 0 spiro atoms. The standard InChI is InChI=1S/C8H7F3O3S/c1-14-8-5(4-15(11,12)13)2-3-6(9)7(8)10/h2-3H,4H2,1H3. The van der Waals surface area contributed by atoms with Gasteiger partial charge in [-0.05, 0) is 6.07 Å². The SMILES string of the molecule is COc1c(CS(=O)(=O)F)ccc(F)c1F. The van der Waals surface area contributed by atoms with Gasteiger partial charge in [0, 0.05) is 5.56 Å². The van der Waals surface area contributed by atoms with E-state index in [-0.39, 0.29) is 5.56 Å². The van der Waals surface area contributed by atoms with Gasteiger partial charge in [-0.2, -0.15) is 12.8 Å². The van der Waals surface area contributed by atoms with Gasteiger partial charge in [0.05, 0.1) is 7.11 Å². The van der Waals surface area contributed by atoms with Crippen LogP contribution in [0.3, 0.4) is 0 Å². The van der Waals surface area contributed by atoms with Gasteiger partial charge in [-0.25, -0.2) is 4.39 Å². The lowest BCUT2D eigenvalue weighted by molar-refractivity contribution is 0.368. The fourth-order valence-corrected chi connectivity index (χ4v) is 1.69. The number of hydrogen-bond acceptors (Lipinski definition) is 3. The summed E-state index contributed by atoms with van der Waals surface area (Å²) in [5.74, 6) is -4.17. The largest absolute Gasteiger partial charge is 0.493 e. The average molecular weight is 240 g/mol. The van der Waals surface area contributed by atoms with Gasteiger partial charge in [-0.3, -0.25) is 0 Å². The first kappa shape index (κ1) is 11.8. The Morgan fingerprint density at radius 3 is 2.40 bits per heavy atom. The third kappa shape index (κ3) is 2.85. The molecule has 7 heteroatoms. The van der Waals surface area contributed by atoms with Crippen LogP contribution in [-0.4, -0.2) is 15.5 Å². The molecule has 0 aromatic heterocycles. The van der Waals surface area contributed by atoms with Crippen molar-refractivity contribution in [2.75, 3.05) is 7.11 Å². The fraction of sp³-hybridized carbons (Fsp3) is 0.250. The molecule has 1 rings (SSSR count). The lowest BCUT2D eigenvalue weighted by Gasteiger charge is -2.07. The number of ether oxygens (including phenoxy) is 1. The highest BCUT2D eigenvalue weighted by molar-refractivity contribution is 7.85. The zero-order valence-electron chi connectivity index (χ0n) is 7.63. The lowest BCUT2D eigenvalue weighted by atomic mass is 10.2. The van der Waals surface area contributed by atoms with Gasteiger partial charge in [0.2, 0.25) is 5.82 Å². The summed E-state index contributed by atoms with van der Waals surface area (Å²) in [4.78, 5) is 0. The Balaban J connectivity index is 3.25. The summed E-state index contributed by atoms with van der Waals surface area (Å²) in [7, 11) is -3.77. The maximum atomic E-state index is 13.0. The molecule has 0 bridgehead atoms. The molecule has 1 aromatic carbocycles. The summed E-state index contributed by atoms with van der Waals surface area (Å²) in [6.07, 6.45) is 0. The summed E-state index contributed by atoms with van der Waals surface area (Å²) >= 11 is 0. The van der Waals surface area contributed by atoms with E-state index in [0.29, 0.717) is 6.07 Å². The van der Waals surface area contributed by atoms with E-state index in [1.54, 1.807) is 0 Å². The average Bonchev–Trinajstić information content (AvgIpc) is 2.10. The van der Waals surface area contributed by atoms with E-state index in [9.17, 15) is 21.1 Å². The van der Waals surface area contributed by atoms with Crippen molar-refractivity contribution in [1.82, 2.24) is 0 Å². The number of halogens is 3. The Morgan fingerprint density at radius 2 is 1.93 bits per heavy atom. The van der Waals surface area contributed by atoms with Crippen LogP contribution in [0.5, 0.6) is 5.75 Å². The van der Waals surface area contributed by atoms with E-state index in [1.165, 1.54) is 0 Å². The minimum Gasteiger partial charge on any atom is -0.493 e. The highest BCUT2D eigenvalue weighted by Gasteiger charge is 2.18. The van der Waals surface area contributed by atoms with E-state index in [2.05, 4.69) is 4.74 Å². The first-order valence-electron chi connectivity index (χ1n) is 3.78. The minimum absolute atomic E-state index is 0.265.